The molecule has 1 rings (SSSR count). The number of benzene rings is 1. The van der Waals surface area contributed by atoms with Crippen LogP contribution in [0.3, 0.4) is 0 Å². The average Bonchev–Trinajstić information content (AvgIpc) is 2.09. The fourth-order valence-corrected chi connectivity index (χ4v) is 1.08. The van der Waals surface area contributed by atoms with E-state index in [1.54, 1.807) is 0 Å². The van der Waals surface area contributed by atoms with Crippen molar-refractivity contribution in [3.8, 4) is 0 Å². The molecule has 0 unspecified atom stereocenters. The second-order valence-corrected chi connectivity index (χ2v) is 2.69. The SMILES string of the molecule is CNc1cc(N)c(C)cc1C=N. The van der Waals surface area contributed by atoms with Crippen molar-refractivity contribution >= 4 is 17.6 Å². The van der Waals surface area contributed by atoms with E-state index in [-0.39, 0.29) is 0 Å². The van der Waals surface area contributed by atoms with Crippen molar-refractivity contribution in [2.75, 3.05) is 18.1 Å². The number of anilines is 2. The normalized spacial score (nSPS) is 9.50. The maximum absolute atomic E-state index is 7.15. The first-order chi connectivity index (χ1) is 5.69. The molecule has 0 aliphatic carbocycles. The third-order valence-electron chi connectivity index (χ3n) is 1.86. The summed E-state index contributed by atoms with van der Waals surface area (Å²) in [4.78, 5) is 0. The summed E-state index contributed by atoms with van der Waals surface area (Å²) < 4.78 is 0. The first-order valence-electron chi connectivity index (χ1n) is 3.77. The lowest BCUT2D eigenvalue weighted by Gasteiger charge is -2.08. The first-order valence-corrected chi connectivity index (χ1v) is 3.77. The minimum Gasteiger partial charge on any atom is -0.398 e. The average molecular weight is 163 g/mol. The van der Waals surface area contributed by atoms with E-state index in [0.29, 0.717) is 0 Å². The van der Waals surface area contributed by atoms with Gasteiger partial charge in [-0.25, -0.2) is 0 Å². The van der Waals surface area contributed by atoms with Gasteiger partial charge in [0, 0.05) is 30.2 Å². The van der Waals surface area contributed by atoms with Gasteiger partial charge in [-0.15, -0.1) is 0 Å². The number of rotatable bonds is 2. The van der Waals surface area contributed by atoms with Gasteiger partial charge in [-0.2, -0.15) is 0 Å². The van der Waals surface area contributed by atoms with Crippen molar-refractivity contribution in [1.82, 2.24) is 0 Å². The fraction of sp³-hybridized carbons (Fsp3) is 0.222. The van der Waals surface area contributed by atoms with Crippen LogP contribution in [0.2, 0.25) is 0 Å². The third-order valence-corrected chi connectivity index (χ3v) is 1.86. The monoisotopic (exact) mass is 163 g/mol. The Morgan fingerprint density at radius 1 is 1.50 bits per heavy atom. The Hall–Kier alpha value is -1.51. The van der Waals surface area contributed by atoms with Gasteiger partial charge in [-0.3, -0.25) is 0 Å². The summed E-state index contributed by atoms with van der Waals surface area (Å²) in [5, 5.41) is 10.1. The summed E-state index contributed by atoms with van der Waals surface area (Å²) in [6.07, 6.45) is 1.32. The molecule has 0 aliphatic rings. The van der Waals surface area contributed by atoms with Crippen molar-refractivity contribution in [1.29, 1.82) is 5.41 Å². The predicted octanol–water partition coefficient (Wildman–Crippen LogP) is 1.62. The lowest BCUT2D eigenvalue weighted by molar-refractivity contribution is 1.41. The lowest BCUT2D eigenvalue weighted by Crippen LogP contribution is -1.98. The van der Waals surface area contributed by atoms with E-state index in [9.17, 15) is 0 Å². The highest BCUT2D eigenvalue weighted by atomic mass is 14.8. The van der Waals surface area contributed by atoms with E-state index >= 15 is 0 Å². The van der Waals surface area contributed by atoms with Crippen LogP contribution in [0.25, 0.3) is 0 Å². The van der Waals surface area contributed by atoms with Gasteiger partial charge in [0.25, 0.3) is 0 Å². The molecule has 0 bridgehead atoms. The molecule has 3 nitrogen and oxygen atoms in total. The van der Waals surface area contributed by atoms with Crippen molar-refractivity contribution in [2.45, 2.75) is 6.92 Å². The summed E-state index contributed by atoms with van der Waals surface area (Å²) in [5.41, 5.74) is 9.23. The highest BCUT2D eigenvalue weighted by Gasteiger charge is 2.01. The van der Waals surface area contributed by atoms with E-state index in [2.05, 4.69) is 5.32 Å². The molecule has 0 atom stereocenters. The van der Waals surface area contributed by atoms with Gasteiger partial charge in [-0.1, -0.05) is 0 Å². The standard InChI is InChI=1S/C9H13N3/c1-6-3-7(5-10)9(12-2)4-8(6)11/h3-5,10,12H,11H2,1-2H3. The predicted molar refractivity (Wildman–Crippen MR) is 53.0 cm³/mol. The quantitative estimate of drug-likeness (QED) is 0.458. The maximum atomic E-state index is 7.15. The van der Waals surface area contributed by atoms with Crippen LogP contribution in [0, 0.1) is 12.3 Å². The number of hydrogen-bond donors (Lipinski definition) is 3. The van der Waals surface area contributed by atoms with Crippen molar-refractivity contribution in [3.05, 3.63) is 23.3 Å². The molecule has 0 fully saturated rings. The topological polar surface area (TPSA) is 61.9 Å². The molecule has 1 aromatic carbocycles. The number of nitrogens with two attached hydrogens (primary N) is 1. The van der Waals surface area contributed by atoms with E-state index in [4.69, 9.17) is 11.1 Å². The number of nitrogen functional groups attached to an aromatic ring is 1. The number of nitrogens with one attached hydrogen (secondary N) is 2. The molecule has 12 heavy (non-hydrogen) atoms. The van der Waals surface area contributed by atoms with Crippen LogP contribution in [-0.2, 0) is 0 Å². The van der Waals surface area contributed by atoms with E-state index in [0.717, 1.165) is 22.5 Å². The zero-order valence-electron chi connectivity index (χ0n) is 7.31. The lowest BCUT2D eigenvalue weighted by atomic mass is 10.1. The van der Waals surface area contributed by atoms with E-state index in [1.807, 2.05) is 26.1 Å². The Labute approximate surface area is 72.1 Å². The zero-order valence-corrected chi connectivity index (χ0v) is 7.31. The van der Waals surface area contributed by atoms with Crippen LogP contribution < -0.4 is 11.1 Å². The maximum Gasteiger partial charge on any atom is 0.0447 e. The summed E-state index contributed by atoms with van der Waals surface area (Å²) in [5.74, 6) is 0. The summed E-state index contributed by atoms with van der Waals surface area (Å²) in [6.45, 7) is 1.93. The fourth-order valence-electron chi connectivity index (χ4n) is 1.08. The van der Waals surface area contributed by atoms with Crippen molar-refractivity contribution in [3.63, 3.8) is 0 Å². The first kappa shape index (κ1) is 8.59. The highest BCUT2D eigenvalue weighted by molar-refractivity contribution is 5.87. The van der Waals surface area contributed by atoms with Gasteiger partial charge in [-0.05, 0) is 24.6 Å². The molecule has 4 N–H and O–H groups in total. The zero-order chi connectivity index (χ0) is 9.14. The Bertz CT molecular complexity index is 305. The van der Waals surface area contributed by atoms with Crippen LogP contribution in [0.5, 0.6) is 0 Å². The molecule has 64 valence electrons. The summed E-state index contributed by atoms with van der Waals surface area (Å²) in [7, 11) is 1.82. The van der Waals surface area contributed by atoms with Gasteiger partial charge in [0.15, 0.2) is 0 Å². The van der Waals surface area contributed by atoms with Crippen molar-refractivity contribution < 1.29 is 0 Å². The van der Waals surface area contributed by atoms with Gasteiger partial charge in [0.05, 0.1) is 0 Å². The highest BCUT2D eigenvalue weighted by Crippen LogP contribution is 2.20. The minimum atomic E-state index is 0.755. The van der Waals surface area contributed by atoms with Gasteiger partial charge in [0.2, 0.25) is 0 Å². The molecule has 0 amide bonds. The summed E-state index contributed by atoms with van der Waals surface area (Å²) in [6, 6.07) is 3.74. The van der Waals surface area contributed by atoms with Crippen LogP contribution in [0.15, 0.2) is 12.1 Å². The third kappa shape index (κ3) is 1.39. The molecule has 0 heterocycles. The molecular formula is C9H13N3. The Kier molecular flexibility index (Phi) is 2.33. The Morgan fingerprint density at radius 3 is 2.67 bits per heavy atom. The largest absolute Gasteiger partial charge is 0.398 e. The minimum absolute atomic E-state index is 0.755. The molecular weight excluding hydrogens is 150 g/mol. The van der Waals surface area contributed by atoms with Gasteiger partial charge < -0.3 is 16.5 Å². The second-order valence-electron chi connectivity index (χ2n) is 2.69. The molecule has 0 spiro atoms. The molecule has 1 aromatic rings. The van der Waals surface area contributed by atoms with Gasteiger partial charge >= 0.3 is 0 Å². The molecule has 0 radical (unpaired) electrons. The number of aryl methyl sites for hydroxylation is 1. The van der Waals surface area contributed by atoms with E-state index < -0.39 is 0 Å². The molecule has 0 aromatic heterocycles. The van der Waals surface area contributed by atoms with Crippen LogP contribution in [0.1, 0.15) is 11.1 Å². The number of hydrogen-bond acceptors (Lipinski definition) is 3. The molecule has 0 aliphatic heterocycles. The second kappa shape index (κ2) is 3.26. The van der Waals surface area contributed by atoms with Crippen molar-refractivity contribution in [2.24, 2.45) is 0 Å². The smallest absolute Gasteiger partial charge is 0.0447 e. The van der Waals surface area contributed by atoms with Crippen LogP contribution in [0.4, 0.5) is 11.4 Å². The Balaban J connectivity index is 3.28. The molecule has 0 saturated carbocycles. The van der Waals surface area contributed by atoms with E-state index in [1.165, 1.54) is 6.21 Å². The van der Waals surface area contributed by atoms with Crippen LogP contribution >= 0.6 is 0 Å². The van der Waals surface area contributed by atoms with Crippen LogP contribution in [-0.4, -0.2) is 13.3 Å². The summed E-state index contributed by atoms with van der Waals surface area (Å²) >= 11 is 0. The molecule has 3 heteroatoms. The Morgan fingerprint density at radius 2 is 2.17 bits per heavy atom. The molecule has 0 saturated heterocycles. The van der Waals surface area contributed by atoms with Gasteiger partial charge in [0.1, 0.15) is 0 Å².